The first-order valence-electron chi connectivity index (χ1n) is 4.22. The first-order chi connectivity index (χ1) is 7.10. The van der Waals surface area contributed by atoms with Crippen LogP contribution in [0.5, 0.6) is 0 Å². The molecule has 0 amide bonds. The smallest absolute Gasteiger partial charge is 0.141 e. The lowest BCUT2D eigenvalue weighted by Gasteiger charge is -2.15. The lowest BCUT2D eigenvalue weighted by molar-refractivity contribution is 0.0335. The Bertz CT molecular complexity index is 391. The minimum absolute atomic E-state index is 0.105. The molecule has 2 atom stereocenters. The van der Waals surface area contributed by atoms with Crippen LogP contribution in [0.25, 0.3) is 0 Å². The fourth-order valence-electron chi connectivity index (χ4n) is 1.06. The first kappa shape index (κ1) is 11.8. The molecule has 15 heavy (non-hydrogen) atoms. The van der Waals surface area contributed by atoms with Crippen LogP contribution in [0.15, 0.2) is 12.3 Å². The topological polar surface area (TPSA) is 103 Å². The monoisotopic (exact) mass is 225 g/mol. The second-order valence-corrected chi connectivity index (χ2v) is 3.37. The molecule has 0 bridgehead atoms. The van der Waals surface area contributed by atoms with Crippen molar-refractivity contribution in [3.63, 3.8) is 0 Å². The maximum atomic E-state index is 9.61. The van der Waals surface area contributed by atoms with Crippen molar-refractivity contribution in [2.45, 2.75) is 12.2 Å². The van der Waals surface area contributed by atoms with E-state index in [-0.39, 0.29) is 17.1 Å². The average Bonchev–Trinajstić information content (AvgIpc) is 2.27. The number of anilines is 1. The van der Waals surface area contributed by atoms with Gasteiger partial charge in [-0.2, -0.15) is 17.9 Å². The van der Waals surface area contributed by atoms with Crippen molar-refractivity contribution in [2.75, 3.05) is 11.5 Å². The van der Waals surface area contributed by atoms with Crippen LogP contribution in [0.4, 0.5) is 5.82 Å². The summed E-state index contributed by atoms with van der Waals surface area (Å²) in [6.07, 6.45) is -0.777. The number of hydrogen-bond acceptors (Lipinski definition) is 6. The van der Waals surface area contributed by atoms with Gasteiger partial charge in [-0.25, -0.2) is 4.98 Å². The SMILES string of the molecule is N#Cc1cc(C(O)C(O)CS)cnc1N. The molecule has 1 aromatic rings. The zero-order valence-corrected chi connectivity index (χ0v) is 8.72. The molecule has 0 saturated carbocycles. The number of aromatic nitrogens is 1. The van der Waals surface area contributed by atoms with Gasteiger partial charge < -0.3 is 15.9 Å². The van der Waals surface area contributed by atoms with E-state index in [1.807, 2.05) is 6.07 Å². The third-order valence-corrected chi connectivity index (χ3v) is 2.33. The van der Waals surface area contributed by atoms with E-state index >= 15 is 0 Å². The Morgan fingerprint density at radius 1 is 1.60 bits per heavy atom. The number of aliphatic hydroxyl groups is 2. The zero-order chi connectivity index (χ0) is 11.4. The highest BCUT2D eigenvalue weighted by Gasteiger charge is 2.18. The Morgan fingerprint density at radius 3 is 2.80 bits per heavy atom. The Morgan fingerprint density at radius 2 is 2.27 bits per heavy atom. The van der Waals surface area contributed by atoms with Crippen LogP contribution in [-0.4, -0.2) is 27.1 Å². The summed E-state index contributed by atoms with van der Waals surface area (Å²) < 4.78 is 0. The molecule has 0 fully saturated rings. The molecule has 0 saturated heterocycles. The van der Waals surface area contributed by atoms with E-state index in [2.05, 4.69) is 17.6 Å². The molecule has 1 heterocycles. The van der Waals surface area contributed by atoms with Gasteiger partial charge in [0.1, 0.15) is 18.0 Å². The molecule has 4 N–H and O–H groups in total. The number of pyridine rings is 1. The highest BCUT2D eigenvalue weighted by Crippen LogP contribution is 2.19. The highest BCUT2D eigenvalue weighted by molar-refractivity contribution is 7.80. The summed E-state index contributed by atoms with van der Waals surface area (Å²) >= 11 is 3.85. The molecule has 1 aromatic heterocycles. The van der Waals surface area contributed by atoms with Crippen molar-refractivity contribution in [3.8, 4) is 6.07 Å². The summed E-state index contributed by atoms with van der Waals surface area (Å²) in [7, 11) is 0. The molecule has 80 valence electrons. The molecular weight excluding hydrogens is 214 g/mol. The van der Waals surface area contributed by atoms with Crippen molar-refractivity contribution < 1.29 is 10.2 Å². The van der Waals surface area contributed by atoms with Gasteiger partial charge in [-0.3, -0.25) is 0 Å². The maximum absolute atomic E-state index is 9.61. The molecule has 0 aliphatic rings. The van der Waals surface area contributed by atoms with Crippen molar-refractivity contribution >= 4 is 18.4 Å². The maximum Gasteiger partial charge on any atom is 0.141 e. The number of hydrogen-bond donors (Lipinski definition) is 4. The fourth-order valence-corrected chi connectivity index (χ4v) is 1.26. The van der Waals surface area contributed by atoms with Crippen LogP contribution in [0.3, 0.4) is 0 Å². The number of nitrogens with two attached hydrogens (primary N) is 1. The Kier molecular flexibility index (Phi) is 3.91. The van der Waals surface area contributed by atoms with Gasteiger partial charge in [0, 0.05) is 17.5 Å². The molecule has 6 heteroatoms. The van der Waals surface area contributed by atoms with E-state index in [1.54, 1.807) is 0 Å². The normalized spacial score (nSPS) is 14.3. The number of rotatable bonds is 3. The number of nitrogen functional groups attached to an aromatic ring is 1. The largest absolute Gasteiger partial charge is 0.389 e. The van der Waals surface area contributed by atoms with Gasteiger partial charge in [0.25, 0.3) is 0 Å². The quantitative estimate of drug-likeness (QED) is 0.536. The third-order valence-electron chi connectivity index (χ3n) is 1.95. The number of aliphatic hydroxyl groups excluding tert-OH is 2. The van der Waals surface area contributed by atoms with Crippen LogP contribution >= 0.6 is 12.6 Å². The highest BCUT2D eigenvalue weighted by atomic mass is 32.1. The van der Waals surface area contributed by atoms with Crippen LogP contribution in [0, 0.1) is 11.3 Å². The molecule has 0 spiro atoms. The van der Waals surface area contributed by atoms with E-state index in [9.17, 15) is 10.2 Å². The van der Waals surface area contributed by atoms with Gasteiger partial charge in [0.15, 0.2) is 0 Å². The molecule has 2 unspecified atom stereocenters. The van der Waals surface area contributed by atoms with Crippen molar-refractivity contribution in [3.05, 3.63) is 23.4 Å². The van der Waals surface area contributed by atoms with Gasteiger partial charge in [-0.05, 0) is 6.07 Å². The number of thiol groups is 1. The van der Waals surface area contributed by atoms with Gasteiger partial charge in [0.2, 0.25) is 0 Å². The predicted octanol–water partition coefficient (Wildman–Crippen LogP) is -0.140. The summed E-state index contributed by atoms with van der Waals surface area (Å²) in [4.78, 5) is 3.75. The van der Waals surface area contributed by atoms with E-state index in [1.165, 1.54) is 12.3 Å². The average molecular weight is 225 g/mol. The summed E-state index contributed by atoms with van der Waals surface area (Å²) in [6.45, 7) is 0. The Balaban J connectivity index is 3.02. The van der Waals surface area contributed by atoms with Gasteiger partial charge in [-0.15, -0.1) is 0 Å². The minimum Gasteiger partial charge on any atom is -0.389 e. The van der Waals surface area contributed by atoms with Gasteiger partial charge >= 0.3 is 0 Å². The summed E-state index contributed by atoms with van der Waals surface area (Å²) in [5, 5.41) is 27.6. The van der Waals surface area contributed by atoms with Crippen LogP contribution < -0.4 is 5.73 Å². The predicted molar refractivity (Wildman–Crippen MR) is 58.2 cm³/mol. The minimum atomic E-state index is -1.11. The van der Waals surface area contributed by atoms with Gasteiger partial charge in [-0.1, -0.05) is 0 Å². The Labute approximate surface area is 92.6 Å². The standard InChI is InChI=1S/C9H11N3O2S/c10-2-5-1-6(3-12-9(5)11)8(14)7(13)4-15/h1,3,7-8,13-15H,4H2,(H2,11,12). The molecule has 5 nitrogen and oxygen atoms in total. The zero-order valence-electron chi connectivity index (χ0n) is 7.83. The van der Waals surface area contributed by atoms with Crippen molar-refractivity contribution in [2.24, 2.45) is 0 Å². The second-order valence-electron chi connectivity index (χ2n) is 3.01. The van der Waals surface area contributed by atoms with Crippen molar-refractivity contribution in [1.29, 1.82) is 5.26 Å². The first-order valence-corrected chi connectivity index (χ1v) is 4.86. The number of nitriles is 1. The lowest BCUT2D eigenvalue weighted by Crippen LogP contribution is -2.20. The number of nitrogens with zero attached hydrogens (tertiary/aromatic N) is 2. The Hall–Kier alpha value is -1.29. The van der Waals surface area contributed by atoms with Crippen LogP contribution in [0.1, 0.15) is 17.2 Å². The van der Waals surface area contributed by atoms with Crippen molar-refractivity contribution in [1.82, 2.24) is 4.98 Å². The molecular formula is C9H11N3O2S. The second kappa shape index (κ2) is 4.98. The summed E-state index contributed by atoms with van der Waals surface area (Å²) in [5.41, 5.74) is 5.94. The third kappa shape index (κ3) is 2.59. The molecule has 0 aliphatic heterocycles. The van der Waals surface area contributed by atoms with E-state index in [0.29, 0.717) is 5.56 Å². The van der Waals surface area contributed by atoms with Gasteiger partial charge in [0.05, 0.1) is 11.7 Å². The molecule has 1 rings (SSSR count). The van der Waals surface area contributed by atoms with E-state index in [0.717, 1.165) is 0 Å². The molecule has 0 aromatic carbocycles. The molecule has 0 radical (unpaired) electrons. The van der Waals surface area contributed by atoms with E-state index in [4.69, 9.17) is 11.0 Å². The van der Waals surface area contributed by atoms with Crippen LogP contribution in [0.2, 0.25) is 0 Å². The van der Waals surface area contributed by atoms with E-state index < -0.39 is 12.2 Å². The fraction of sp³-hybridized carbons (Fsp3) is 0.333. The summed E-state index contributed by atoms with van der Waals surface area (Å²) in [6, 6.07) is 3.25. The van der Waals surface area contributed by atoms with Crippen LogP contribution in [-0.2, 0) is 0 Å². The molecule has 0 aliphatic carbocycles. The lowest BCUT2D eigenvalue weighted by atomic mass is 10.1. The summed E-state index contributed by atoms with van der Waals surface area (Å²) in [5.74, 6) is 0.224.